The normalized spacial score (nSPS) is 10.6. The van der Waals surface area contributed by atoms with E-state index >= 15 is 0 Å². The summed E-state index contributed by atoms with van der Waals surface area (Å²) >= 11 is 0. The van der Waals surface area contributed by atoms with Crippen LogP contribution in [0.3, 0.4) is 0 Å². The van der Waals surface area contributed by atoms with E-state index in [0.29, 0.717) is 30.3 Å². The van der Waals surface area contributed by atoms with Crippen molar-refractivity contribution in [1.29, 1.82) is 0 Å². The Hall–Kier alpha value is -2.44. The molecule has 0 fully saturated rings. The third-order valence-electron chi connectivity index (χ3n) is 3.09. The molecular formula is C13H18N6O. The number of rotatable bonds is 4. The molecule has 1 amide bonds. The minimum Gasteiger partial charge on any atom is -0.383 e. The second kappa shape index (κ2) is 5.68. The highest BCUT2D eigenvalue weighted by Crippen LogP contribution is 2.17. The van der Waals surface area contributed by atoms with Gasteiger partial charge in [0, 0.05) is 24.8 Å². The first-order valence-corrected chi connectivity index (χ1v) is 6.50. The molecule has 0 atom stereocenters. The highest BCUT2D eigenvalue weighted by molar-refractivity contribution is 5.98. The van der Waals surface area contributed by atoms with Crippen LogP contribution in [0.5, 0.6) is 0 Å². The first-order chi connectivity index (χ1) is 9.58. The van der Waals surface area contributed by atoms with Crippen LogP contribution in [-0.4, -0.2) is 43.6 Å². The zero-order chi connectivity index (χ0) is 14.7. The zero-order valence-electron chi connectivity index (χ0n) is 11.9. The van der Waals surface area contributed by atoms with Crippen LogP contribution >= 0.6 is 0 Å². The van der Waals surface area contributed by atoms with Crippen molar-refractivity contribution >= 4 is 11.7 Å². The molecule has 0 aliphatic heterocycles. The number of aromatic nitrogens is 4. The van der Waals surface area contributed by atoms with Gasteiger partial charge in [-0.3, -0.25) is 4.79 Å². The summed E-state index contributed by atoms with van der Waals surface area (Å²) in [7, 11) is 0. The molecule has 0 bridgehead atoms. The minimum absolute atomic E-state index is 0.121. The number of nitrogen functional groups attached to an aromatic ring is 1. The van der Waals surface area contributed by atoms with Gasteiger partial charge in [0.25, 0.3) is 5.91 Å². The fraction of sp³-hybridized carbons (Fsp3) is 0.385. The van der Waals surface area contributed by atoms with Crippen molar-refractivity contribution < 1.29 is 4.79 Å². The van der Waals surface area contributed by atoms with Crippen LogP contribution < -0.4 is 5.73 Å². The second-order valence-corrected chi connectivity index (χ2v) is 4.35. The van der Waals surface area contributed by atoms with Gasteiger partial charge in [-0.1, -0.05) is 0 Å². The van der Waals surface area contributed by atoms with Crippen LogP contribution in [0, 0.1) is 6.92 Å². The molecule has 0 saturated carbocycles. The van der Waals surface area contributed by atoms with Gasteiger partial charge in [-0.2, -0.15) is 9.78 Å². The molecule has 7 heteroatoms. The van der Waals surface area contributed by atoms with Crippen LogP contribution in [0.25, 0.3) is 5.82 Å². The van der Waals surface area contributed by atoms with E-state index in [1.807, 2.05) is 20.8 Å². The summed E-state index contributed by atoms with van der Waals surface area (Å²) in [6.45, 7) is 6.97. The van der Waals surface area contributed by atoms with Crippen molar-refractivity contribution in [3.05, 3.63) is 29.8 Å². The molecule has 0 saturated heterocycles. The van der Waals surface area contributed by atoms with E-state index in [1.54, 1.807) is 11.0 Å². The van der Waals surface area contributed by atoms with E-state index in [2.05, 4.69) is 15.1 Å². The molecule has 2 heterocycles. The fourth-order valence-corrected chi connectivity index (χ4v) is 1.94. The van der Waals surface area contributed by atoms with Gasteiger partial charge in [0.15, 0.2) is 5.82 Å². The standard InChI is InChI=1S/C13H18N6O/c1-4-18(5-2)13(20)10-7-17-19(12(10)14)11-6-9(3)15-8-16-11/h6-8H,4-5,14H2,1-3H3. The molecule has 0 aliphatic rings. The third kappa shape index (κ3) is 2.47. The summed E-state index contributed by atoms with van der Waals surface area (Å²) in [6, 6.07) is 1.76. The molecular weight excluding hydrogens is 256 g/mol. The lowest BCUT2D eigenvalue weighted by Crippen LogP contribution is -2.30. The molecule has 0 aliphatic carbocycles. The molecule has 0 spiro atoms. The van der Waals surface area contributed by atoms with E-state index in [9.17, 15) is 4.79 Å². The Morgan fingerprint density at radius 2 is 2.05 bits per heavy atom. The fourth-order valence-electron chi connectivity index (χ4n) is 1.94. The predicted molar refractivity (Wildman–Crippen MR) is 75.6 cm³/mol. The largest absolute Gasteiger partial charge is 0.383 e. The van der Waals surface area contributed by atoms with E-state index in [1.165, 1.54) is 17.2 Å². The SMILES string of the molecule is CCN(CC)C(=O)c1cnn(-c2cc(C)ncn2)c1N. The highest BCUT2D eigenvalue weighted by Gasteiger charge is 2.20. The van der Waals surface area contributed by atoms with Gasteiger partial charge in [0.2, 0.25) is 0 Å². The molecule has 0 radical (unpaired) electrons. The maximum atomic E-state index is 12.3. The quantitative estimate of drug-likeness (QED) is 0.899. The van der Waals surface area contributed by atoms with Crippen molar-refractivity contribution in [2.45, 2.75) is 20.8 Å². The minimum atomic E-state index is -0.121. The second-order valence-electron chi connectivity index (χ2n) is 4.35. The molecule has 2 aromatic heterocycles. The van der Waals surface area contributed by atoms with E-state index < -0.39 is 0 Å². The number of hydrogen-bond donors (Lipinski definition) is 1. The lowest BCUT2D eigenvalue weighted by atomic mass is 10.2. The summed E-state index contributed by atoms with van der Waals surface area (Å²) < 4.78 is 1.45. The van der Waals surface area contributed by atoms with Gasteiger partial charge in [-0.05, 0) is 20.8 Å². The van der Waals surface area contributed by atoms with Crippen molar-refractivity contribution in [1.82, 2.24) is 24.6 Å². The summed E-state index contributed by atoms with van der Waals surface area (Å²) in [6.07, 6.45) is 2.92. The van der Waals surface area contributed by atoms with Gasteiger partial charge in [0.1, 0.15) is 17.7 Å². The third-order valence-corrected chi connectivity index (χ3v) is 3.09. The average molecular weight is 274 g/mol. The number of hydrogen-bond acceptors (Lipinski definition) is 5. The summed E-state index contributed by atoms with van der Waals surface area (Å²) in [5.74, 6) is 0.720. The lowest BCUT2D eigenvalue weighted by Gasteiger charge is -2.17. The van der Waals surface area contributed by atoms with Crippen molar-refractivity contribution in [2.24, 2.45) is 0 Å². The van der Waals surface area contributed by atoms with Gasteiger partial charge in [0.05, 0.1) is 6.20 Å². The predicted octanol–water partition coefficient (Wildman–Crippen LogP) is 1.03. The first kappa shape index (κ1) is 14.0. The summed E-state index contributed by atoms with van der Waals surface area (Å²) in [5.41, 5.74) is 7.23. The van der Waals surface area contributed by atoms with Crippen LogP contribution in [0.15, 0.2) is 18.6 Å². The Morgan fingerprint density at radius 3 is 2.65 bits per heavy atom. The highest BCUT2D eigenvalue weighted by atomic mass is 16.2. The number of carbonyl (C=O) groups is 1. The molecule has 7 nitrogen and oxygen atoms in total. The smallest absolute Gasteiger partial charge is 0.259 e. The molecule has 2 aromatic rings. The Morgan fingerprint density at radius 1 is 1.35 bits per heavy atom. The number of nitrogens with two attached hydrogens (primary N) is 1. The summed E-state index contributed by atoms with van der Waals surface area (Å²) in [5, 5.41) is 4.15. The van der Waals surface area contributed by atoms with Gasteiger partial charge < -0.3 is 10.6 Å². The van der Waals surface area contributed by atoms with Crippen molar-refractivity contribution in [3.8, 4) is 5.82 Å². The van der Waals surface area contributed by atoms with Crippen LogP contribution in [-0.2, 0) is 0 Å². The zero-order valence-corrected chi connectivity index (χ0v) is 11.9. The number of anilines is 1. The Kier molecular flexibility index (Phi) is 3.97. The van der Waals surface area contributed by atoms with Gasteiger partial charge in [-0.25, -0.2) is 9.97 Å². The van der Waals surface area contributed by atoms with Crippen LogP contribution in [0.1, 0.15) is 29.9 Å². The van der Waals surface area contributed by atoms with Crippen molar-refractivity contribution in [3.63, 3.8) is 0 Å². The van der Waals surface area contributed by atoms with Crippen LogP contribution in [0.2, 0.25) is 0 Å². The van der Waals surface area contributed by atoms with Crippen LogP contribution in [0.4, 0.5) is 5.82 Å². The maximum Gasteiger partial charge on any atom is 0.259 e. The first-order valence-electron chi connectivity index (χ1n) is 6.50. The number of nitrogens with zero attached hydrogens (tertiary/aromatic N) is 5. The number of amides is 1. The summed E-state index contributed by atoms with van der Waals surface area (Å²) in [4.78, 5) is 22.1. The number of carbonyl (C=O) groups excluding carboxylic acids is 1. The van der Waals surface area contributed by atoms with Gasteiger partial charge >= 0.3 is 0 Å². The Labute approximate surface area is 117 Å². The Balaban J connectivity index is 2.39. The average Bonchev–Trinajstić information content (AvgIpc) is 2.81. The number of aryl methyl sites for hydroxylation is 1. The molecule has 106 valence electrons. The lowest BCUT2D eigenvalue weighted by molar-refractivity contribution is 0.0774. The molecule has 0 unspecified atom stereocenters. The van der Waals surface area contributed by atoms with E-state index in [-0.39, 0.29) is 5.91 Å². The van der Waals surface area contributed by atoms with Crippen molar-refractivity contribution in [2.75, 3.05) is 18.8 Å². The van der Waals surface area contributed by atoms with E-state index in [0.717, 1.165) is 5.69 Å². The topological polar surface area (TPSA) is 89.9 Å². The maximum absolute atomic E-state index is 12.3. The Bertz CT molecular complexity index is 617. The molecule has 20 heavy (non-hydrogen) atoms. The molecule has 2 N–H and O–H groups in total. The van der Waals surface area contributed by atoms with Gasteiger partial charge in [-0.15, -0.1) is 0 Å². The molecule has 0 aromatic carbocycles. The molecule has 2 rings (SSSR count). The van der Waals surface area contributed by atoms with E-state index in [4.69, 9.17) is 5.73 Å². The monoisotopic (exact) mass is 274 g/mol.